The van der Waals surface area contributed by atoms with Crippen molar-refractivity contribution >= 4 is 11.9 Å². The molecule has 160 valence electrons. The molecule has 28 heavy (non-hydrogen) atoms. The van der Waals surface area contributed by atoms with Crippen molar-refractivity contribution in [1.82, 2.24) is 15.5 Å². The Bertz CT molecular complexity index is 577. The van der Waals surface area contributed by atoms with Crippen molar-refractivity contribution in [3.8, 4) is 0 Å². The van der Waals surface area contributed by atoms with Crippen LogP contribution in [0.2, 0.25) is 0 Å². The Hall–Kier alpha value is -1.30. The number of amides is 3. The molecule has 0 bridgehead atoms. The van der Waals surface area contributed by atoms with Crippen LogP contribution in [0.4, 0.5) is 4.79 Å². The van der Waals surface area contributed by atoms with Crippen molar-refractivity contribution in [2.45, 2.75) is 78.4 Å². The van der Waals surface area contributed by atoms with E-state index >= 15 is 0 Å². The first-order valence-corrected chi connectivity index (χ1v) is 11.3. The predicted molar refractivity (Wildman–Crippen MR) is 110 cm³/mol. The lowest BCUT2D eigenvalue weighted by Gasteiger charge is -2.56. The van der Waals surface area contributed by atoms with E-state index in [2.05, 4.69) is 24.5 Å². The number of urea groups is 1. The summed E-state index contributed by atoms with van der Waals surface area (Å²) in [4.78, 5) is 27.0. The van der Waals surface area contributed by atoms with Crippen LogP contribution >= 0.6 is 0 Å². The Morgan fingerprint density at radius 1 is 1.21 bits per heavy atom. The molecule has 0 aromatic rings. The average Bonchev–Trinajstić information content (AvgIpc) is 3.18. The number of aliphatic hydroxyl groups is 1. The maximum Gasteiger partial charge on any atom is 0.315 e. The molecule has 3 rings (SSSR count). The van der Waals surface area contributed by atoms with Crippen LogP contribution < -0.4 is 10.6 Å². The largest absolute Gasteiger partial charge is 0.392 e. The SMILES string of the molecule is CCNC(=O)NC1CCC2(C)CCC(C(C)C(=O)N3CCCC3)C(O)C2C1C. The molecule has 1 heterocycles. The van der Waals surface area contributed by atoms with Crippen molar-refractivity contribution in [2.24, 2.45) is 29.1 Å². The first kappa shape index (κ1) is 21.4. The van der Waals surface area contributed by atoms with Crippen molar-refractivity contribution in [3.05, 3.63) is 0 Å². The topological polar surface area (TPSA) is 81.7 Å². The Labute approximate surface area is 169 Å². The smallest absolute Gasteiger partial charge is 0.315 e. The van der Waals surface area contributed by atoms with Gasteiger partial charge in [0.05, 0.1) is 6.10 Å². The maximum absolute atomic E-state index is 12.9. The number of carbonyl (C=O) groups excluding carboxylic acids is 2. The summed E-state index contributed by atoms with van der Waals surface area (Å²) >= 11 is 0. The molecule has 3 aliphatic rings. The van der Waals surface area contributed by atoms with Gasteiger partial charge in [-0.25, -0.2) is 4.79 Å². The molecule has 6 nitrogen and oxygen atoms in total. The summed E-state index contributed by atoms with van der Waals surface area (Å²) in [6.45, 7) is 10.7. The molecular formula is C22H39N3O3. The molecule has 0 radical (unpaired) electrons. The van der Waals surface area contributed by atoms with E-state index in [9.17, 15) is 14.7 Å². The van der Waals surface area contributed by atoms with Crippen molar-refractivity contribution in [3.63, 3.8) is 0 Å². The highest BCUT2D eigenvalue weighted by atomic mass is 16.3. The minimum Gasteiger partial charge on any atom is -0.392 e. The van der Waals surface area contributed by atoms with Gasteiger partial charge in [0.25, 0.3) is 0 Å². The monoisotopic (exact) mass is 393 g/mol. The Morgan fingerprint density at radius 2 is 1.86 bits per heavy atom. The van der Waals surface area contributed by atoms with Gasteiger partial charge >= 0.3 is 6.03 Å². The van der Waals surface area contributed by atoms with Crippen LogP contribution in [0.5, 0.6) is 0 Å². The molecule has 6 heteroatoms. The molecule has 0 spiro atoms. The molecule has 2 saturated carbocycles. The molecule has 1 saturated heterocycles. The lowest BCUT2D eigenvalue weighted by molar-refractivity contribution is -0.149. The summed E-state index contributed by atoms with van der Waals surface area (Å²) in [5, 5.41) is 17.4. The number of hydrogen-bond donors (Lipinski definition) is 3. The molecular weight excluding hydrogens is 354 g/mol. The van der Waals surface area contributed by atoms with Gasteiger partial charge in [-0.3, -0.25) is 4.79 Å². The van der Waals surface area contributed by atoms with Crippen LogP contribution in [0.15, 0.2) is 0 Å². The number of hydrogen-bond acceptors (Lipinski definition) is 3. The molecule has 0 aromatic heterocycles. The van der Waals surface area contributed by atoms with Gasteiger partial charge < -0.3 is 20.6 Å². The van der Waals surface area contributed by atoms with Crippen LogP contribution in [0.3, 0.4) is 0 Å². The summed E-state index contributed by atoms with van der Waals surface area (Å²) in [6, 6.07) is -0.0509. The second kappa shape index (κ2) is 8.60. The van der Waals surface area contributed by atoms with Crippen LogP contribution in [0.1, 0.15) is 66.2 Å². The van der Waals surface area contributed by atoms with Crippen molar-refractivity contribution < 1.29 is 14.7 Å². The normalized spacial score (nSPS) is 39.2. The van der Waals surface area contributed by atoms with Crippen molar-refractivity contribution in [2.75, 3.05) is 19.6 Å². The molecule has 3 N–H and O–H groups in total. The summed E-state index contributed by atoms with van der Waals surface area (Å²) in [5.41, 5.74) is 0.0885. The summed E-state index contributed by atoms with van der Waals surface area (Å²) in [5.74, 6) is 0.387. The average molecular weight is 394 g/mol. The van der Waals surface area contributed by atoms with E-state index in [0.29, 0.717) is 6.54 Å². The van der Waals surface area contributed by atoms with Crippen LogP contribution in [-0.2, 0) is 4.79 Å². The van der Waals surface area contributed by atoms with Crippen LogP contribution in [0.25, 0.3) is 0 Å². The molecule has 3 amide bonds. The maximum atomic E-state index is 12.9. The van der Waals surface area contributed by atoms with E-state index < -0.39 is 6.10 Å². The summed E-state index contributed by atoms with van der Waals surface area (Å²) < 4.78 is 0. The van der Waals surface area contributed by atoms with Crippen LogP contribution in [-0.4, -0.2) is 53.7 Å². The Kier molecular flexibility index (Phi) is 6.58. The zero-order valence-electron chi connectivity index (χ0n) is 18.0. The number of likely N-dealkylation sites (tertiary alicyclic amines) is 1. The van der Waals surface area contributed by atoms with E-state index in [0.717, 1.165) is 51.6 Å². The zero-order valence-corrected chi connectivity index (χ0v) is 18.0. The van der Waals surface area contributed by atoms with E-state index in [4.69, 9.17) is 0 Å². The van der Waals surface area contributed by atoms with Gasteiger partial charge in [0, 0.05) is 31.6 Å². The van der Waals surface area contributed by atoms with Gasteiger partial charge in [-0.15, -0.1) is 0 Å². The minimum absolute atomic E-state index is 0.0110. The first-order chi connectivity index (χ1) is 13.3. The quantitative estimate of drug-likeness (QED) is 0.687. The van der Waals surface area contributed by atoms with Gasteiger partial charge in [-0.05, 0) is 68.6 Å². The van der Waals surface area contributed by atoms with Crippen molar-refractivity contribution in [1.29, 1.82) is 0 Å². The lowest BCUT2D eigenvalue weighted by Crippen LogP contribution is -2.59. The predicted octanol–water partition coefficient (Wildman–Crippen LogP) is 2.76. The molecule has 1 aliphatic heterocycles. The number of nitrogens with zero attached hydrogens (tertiary/aromatic N) is 1. The summed E-state index contributed by atoms with van der Waals surface area (Å²) in [7, 11) is 0. The van der Waals surface area contributed by atoms with E-state index in [1.807, 2.05) is 18.7 Å². The highest BCUT2D eigenvalue weighted by Gasteiger charge is 2.54. The Balaban J connectivity index is 1.72. The highest BCUT2D eigenvalue weighted by molar-refractivity contribution is 5.79. The number of carbonyl (C=O) groups is 2. The number of nitrogens with one attached hydrogen (secondary N) is 2. The number of rotatable bonds is 4. The van der Waals surface area contributed by atoms with Gasteiger partial charge in [0.2, 0.25) is 5.91 Å². The molecule has 7 atom stereocenters. The first-order valence-electron chi connectivity index (χ1n) is 11.3. The minimum atomic E-state index is -0.492. The number of fused-ring (bicyclic) bond motifs is 1. The third kappa shape index (κ3) is 4.03. The fourth-order valence-electron chi connectivity index (χ4n) is 6.29. The molecule has 0 aromatic carbocycles. The fourth-order valence-corrected chi connectivity index (χ4v) is 6.29. The summed E-state index contributed by atoms with van der Waals surface area (Å²) in [6.07, 6.45) is 5.62. The van der Waals surface area contributed by atoms with E-state index in [1.165, 1.54) is 0 Å². The number of aliphatic hydroxyl groups excluding tert-OH is 1. The standard InChI is InChI=1S/C22H39N3O3/c1-5-23-21(28)24-17-9-11-22(4)10-8-16(19(26)18(22)15(17)3)14(2)20(27)25-12-6-7-13-25/h14-19,26H,5-13H2,1-4H3,(H2,23,24,28). The third-order valence-corrected chi connectivity index (χ3v) is 7.99. The van der Waals surface area contributed by atoms with Crippen LogP contribution in [0, 0.1) is 29.1 Å². The Morgan fingerprint density at radius 3 is 2.50 bits per heavy atom. The molecule has 7 unspecified atom stereocenters. The molecule has 2 aliphatic carbocycles. The third-order valence-electron chi connectivity index (χ3n) is 7.99. The second-order valence-corrected chi connectivity index (χ2v) is 9.70. The second-order valence-electron chi connectivity index (χ2n) is 9.70. The van der Waals surface area contributed by atoms with Gasteiger partial charge in [-0.1, -0.05) is 20.8 Å². The zero-order chi connectivity index (χ0) is 20.5. The van der Waals surface area contributed by atoms with Gasteiger partial charge in [-0.2, -0.15) is 0 Å². The fraction of sp³-hybridized carbons (Fsp3) is 0.909. The van der Waals surface area contributed by atoms with E-state index in [-0.39, 0.29) is 47.1 Å². The van der Waals surface area contributed by atoms with E-state index in [1.54, 1.807) is 0 Å². The van der Waals surface area contributed by atoms with Gasteiger partial charge in [0.15, 0.2) is 0 Å². The molecule has 3 fully saturated rings. The highest BCUT2D eigenvalue weighted by Crippen LogP contribution is 2.55. The van der Waals surface area contributed by atoms with Gasteiger partial charge in [0.1, 0.15) is 0 Å². The lowest BCUT2D eigenvalue weighted by atomic mass is 9.51.